The Morgan fingerprint density at radius 3 is 2.78 bits per heavy atom. The van der Waals surface area contributed by atoms with Crippen LogP contribution in [0, 0.1) is 13.8 Å². The van der Waals surface area contributed by atoms with E-state index in [0.717, 1.165) is 33.9 Å². The number of aryl methyl sites for hydroxylation is 2. The molecule has 0 fully saturated rings. The predicted octanol–water partition coefficient (Wildman–Crippen LogP) is 3.03. The molecule has 3 heterocycles. The average molecular weight is 305 g/mol. The molecule has 4 nitrogen and oxygen atoms in total. The fourth-order valence-corrected chi connectivity index (χ4v) is 2.69. The first-order chi connectivity index (χ1) is 8.70. The van der Waals surface area contributed by atoms with Crippen LogP contribution in [0.1, 0.15) is 17.1 Å². The molecule has 0 spiro atoms. The fraction of sp³-hybridized carbons (Fsp3) is 0.231. The number of rotatable bonds is 2. The SMILES string of the molecule is Cc1cc(C)n(-c2nc3ccccn3c2CBr)n1. The largest absolute Gasteiger partial charge is 0.301 e. The van der Waals surface area contributed by atoms with Gasteiger partial charge in [-0.05, 0) is 32.0 Å². The first-order valence-corrected chi connectivity index (χ1v) is 6.88. The Balaban J connectivity index is 2.32. The van der Waals surface area contributed by atoms with Crippen LogP contribution >= 0.6 is 15.9 Å². The maximum Gasteiger partial charge on any atom is 0.176 e. The van der Waals surface area contributed by atoms with E-state index in [2.05, 4.69) is 36.5 Å². The molecule has 0 amide bonds. The Hall–Kier alpha value is -1.62. The van der Waals surface area contributed by atoms with Crippen LogP contribution < -0.4 is 0 Å². The lowest BCUT2D eigenvalue weighted by atomic mass is 10.4. The van der Waals surface area contributed by atoms with Crippen molar-refractivity contribution >= 4 is 21.6 Å². The Morgan fingerprint density at radius 2 is 2.11 bits per heavy atom. The van der Waals surface area contributed by atoms with Crippen LogP contribution in [0.25, 0.3) is 11.5 Å². The first-order valence-electron chi connectivity index (χ1n) is 5.76. The van der Waals surface area contributed by atoms with Gasteiger partial charge in [-0.15, -0.1) is 0 Å². The summed E-state index contributed by atoms with van der Waals surface area (Å²) in [5.74, 6) is 0.892. The molecule has 0 aromatic carbocycles. The molecule has 0 saturated heterocycles. The van der Waals surface area contributed by atoms with Crippen molar-refractivity contribution in [3.63, 3.8) is 0 Å². The average Bonchev–Trinajstić information content (AvgIpc) is 2.88. The number of aromatic nitrogens is 4. The second kappa shape index (κ2) is 4.24. The summed E-state index contributed by atoms with van der Waals surface area (Å²) in [4.78, 5) is 4.66. The normalized spacial score (nSPS) is 11.3. The van der Waals surface area contributed by atoms with E-state index in [1.165, 1.54) is 0 Å². The van der Waals surface area contributed by atoms with Crippen LogP contribution in [0.5, 0.6) is 0 Å². The number of nitrogens with zero attached hydrogens (tertiary/aromatic N) is 4. The molecule has 3 aromatic heterocycles. The highest BCUT2D eigenvalue weighted by molar-refractivity contribution is 9.08. The number of alkyl halides is 1. The summed E-state index contributed by atoms with van der Waals surface area (Å²) in [5, 5.41) is 5.25. The Morgan fingerprint density at radius 1 is 1.28 bits per heavy atom. The minimum absolute atomic E-state index is 0.742. The second-order valence-electron chi connectivity index (χ2n) is 4.28. The van der Waals surface area contributed by atoms with Crippen molar-refractivity contribution < 1.29 is 0 Å². The van der Waals surface area contributed by atoms with Gasteiger partial charge >= 0.3 is 0 Å². The van der Waals surface area contributed by atoms with E-state index in [1.54, 1.807) is 0 Å². The summed E-state index contributed by atoms with van der Waals surface area (Å²) in [6.07, 6.45) is 2.02. The first kappa shape index (κ1) is 11.5. The molecule has 92 valence electrons. The molecule has 0 saturated carbocycles. The Kier molecular flexibility index (Phi) is 2.70. The highest BCUT2D eigenvalue weighted by Gasteiger charge is 2.14. The predicted molar refractivity (Wildman–Crippen MR) is 74.4 cm³/mol. The van der Waals surface area contributed by atoms with E-state index in [9.17, 15) is 0 Å². The summed E-state index contributed by atoms with van der Waals surface area (Å²) in [7, 11) is 0. The van der Waals surface area contributed by atoms with Crippen molar-refractivity contribution in [3.8, 4) is 5.82 Å². The van der Waals surface area contributed by atoms with Gasteiger partial charge in [0.05, 0.1) is 11.4 Å². The summed E-state index contributed by atoms with van der Waals surface area (Å²) in [6, 6.07) is 8.06. The van der Waals surface area contributed by atoms with Gasteiger partial charge in [0.2, 0.25) is 0 Å². The molecule has 5 heteroatoms. The van der Waals surface area contributed by atoms with E-state index < -0.39 is 0 Å². The zero-order valence-electron chi connectivity index (χ0n) is 10.3. The highest BCUT2D eigenvalue weighted by Crippen LogP contribution is 2.20. The molecular formula is C13H13BrN4. The zero-order chi connectivity index (χ0) is 12.7. The summed E-state index contributed by atoms with van der Waals surface area (Å²) >= 11 is 3.54. The van der Waals surface area contributed by atoms with Crippen LogP contribution in [-0.4, -0.2) is 19.2 Å². The molecule has 0 N–H and O–H groups in total. The number of fused-ring (bicyclic) bond motifs is 1. The third-order valence-electron chi connectivity index (χ3n) is 2.94. The summed E-state index contributed by atoms with van der Waals surface area (Å²) in [5.41, 5.74) is 4.15. The van der Waals surface area contributed by atoms with Crippen molar-refractivity contribution in [2.75, 3.05) is 0 Å². The Bertz CT molecular complexity index is 711. The summed E-state index contributed by atoms with van der Waals surface area (Å²) in [6.45, 7) is 4.04. The molecule has 0 bridgehead atoms. The molecule has 18 heavy (non-hydrogen) atoms. The molecule has 3 aromatic rings. The smallest absolute Gasteiger partial charge is 0.176 e. The van der Waals surface area contributed by atoms with Gasteiger partial charge in [0.15, 0.2) is 5.82 Å². The van der Waals surface area contributed by atoms with E-state index >= 15 is 0 Å². The van der Waals surface area contributed by atoms with Crippen LogP contribution in [0.3, 0.4) is 0 Å². The van der Waals surface area contributed by atoms with E-state index in [-0.39, 0.29) is 0 Å². The molecule has 0 atom stereocenters. The molecule has 0 unspecified atom stereocenters. The topological polar surface area (TPSA) is 35.1 Å². The third kappa shape index (κ3) is 1.66. The number of halogens is 1. The van der Waals surface area contributed by atoms with Crippen LogP contribution in [0.15, 0.2) is 30.5 Å². The minimum Gasteiger partial charge on any atom is -0.301 e. The monoisotopic (exact) mass is 304 g/mol. The van der Waals surface area contributed by atoms with Crippen molar-refractivity contribution in [3.05, 3.63) is 47.5 Å². The number of hydrogen-bond acceptors (Lipinski definition) is 2. The van der Waals surface area contributed by atoms with Gasteiger partial charge in [-0.2, -0.15) is 5.10 Å². The second-order valence-corrected chi connectivity index (χ2v) is 4.84. The van der Waals surface area contributed by atoms with Gasteiger partial charge in [-0.1, -0.05) is 22.0 Å². The molecule has 0 aliphatic carbocycles. The van der Waals surface area contributed by atoms with Gasteiger partial charge in [0.1, 0.15) is 5.65 Å². The molecule has 0 aliphatic rings. The Labute approximate surface area is 113 Å². The van der Waals surface area contributed by atoms with Crippen LogP contribution in [0.2, 0.25) is 0 Å². The maximum absolute atomic E-state index is 4.66. The molecular weight excluding hydrogens is 292 g/mol. The molecule has 0 radical (unpaired) electrons. The number of hydrogen-bond donors (Lipinski definition) is 0. The lowest BCUT2D eigenvalue weighted by molar-refractivity contribution is 0.804. The molecule has 3 rings (SSSR count). The zero-order valence-corrected chi connectivity index (χ0v) is 11.8. The summed E-state index contributed by atoms with van der Waals surface area (Å²) < 4.78 is 3.99. The van der Waals surface area contributed by atoms with Gasteiger partial charge in [-0.25, -0.2) is 9.67 Å². The minimum atomic E-state index is 0.742. The standard InChI is InChI=1S/C13H13BrN4/c1-9-7-10(2)18(16-9)13-11(8-14)17-6-4-3-5-12(17)15-13/h3-7H,8H2,1-2H3. The third-order valence-corrected chi connectivity index (χ3v) is 3.48. The lowest BCUT2D eigenvalue weighted by Gasteiger charge is -2.03. The van der Waals surface area contributed by atoms with E-state index in [0.29, 0.717) is 0 Å². The number of imidazole rings is 1. The van der Waals surface area contributed by atoms with Gasteiger partial charge < -0.3 is 4.40 Å². The van der Waals surface area contributed by atoms with Crippen molar-refractivity contribution in [2.24, 2.45) is 0 Å². The van der Waals surface area contributed by atoms with Gasteiger partial charge in [-0.3, -0.25) is 0 Å². The number of pyridine rings is 1. The van der Waals surface area contributed by atoms with Crippen LogP contribution in [-0.2, 0) is 5.33 Å². The van der Waals surface area contributed by atoms with Crippen molar-refractivity contribution in [1.29, 1.82) is 0 Å². The molecule has 0 aliphatic heterocycles. The van der Waals surface area contributed by atoms with Crippen molar-refractivity contribution in [1.82, 2.24) is 19.2 Å². The highest BCUT2D eigenvalue weighted by atomic mass is 79.9. The fourth-order valence-electron chi connectivity index (χ4n) is 2.17. The van der Waals surface area contributed by atoms with Crippen molar-refractivity contribution in [2.45, 2.75) is 19.2 Å². The van der Waals surface area contributed by atoms with Gasteiger partial charge in [0, 0.05) is 17.2 Å². The van der Waals surface area contributed by atoms with E-state index in [4.69, 9.17) is 0 Å². The van der Waals surface area contributed by atoms with E-state index in [1.807, 2.05) is 42.9 Å². The van der Waals surface area contributed by atoms with Crippen LogP contribution in [0.4, 0.5) is 0 Å². The lowest BCUT2D eigenvalue weighted by Crippen LogP contribution is -2.03. The quantitative estimate of drug-likeness (QED) is 0.682. The van der Waals surface area contributed by atoms with Gasteiger partial charge in [0.25, 0.3) is 0 Å². The maximum atomic E-state index is 4.66.